The Balaban J connectivity index is 3.23. The maximum Gasteiger partial charge on any atom is 0.0642 e. The summed E-state index contributed by atoms with van der Waals surface area (Å²) in [5.41, 5.74) is 2.41. The molecule has 1 rings (SSSR count). The van der Waals surface area contributed by atoms with Gasteiger partial charge in [0.15, 0.2) is 0 Å². The Hall–Kier alpha value is -0.210. The van der Waals surface area contributed by atoms with Gasteiger partial charge in [-0.1, -0.05) is 39.7 Å². The van der Waals surface area contributed by atoms with Gasteiger partial charge in [-0.15, -0.1) is 0 Å². The number of nitrogens with zero attached hydrogens (tertiary/aromatic N) is 1. The van der Waals surface area contributed by atoms with E-state index in [1.807, 2.05) is 12.1 Å². The molecule has 0 aliphatic heterocycles. The monoisotopic (exact) mass is 289 g/mol. The van der Waals surface area contributed by atoms with E-state index in [9.17, 15) is 0 Å². The lowest BCUT2D eigenvalue weighted by Crippen LogP contribution is -2.38. The van der Waals surface area contributed by atoms with Crippen molar-refractivity contribution in [2.45, 2.75) is 31.6 Å². The minimum absolute atomic E-state index is 0.0713. The summed E-state index contributed by atoms with van der Waals surface area (Å²) < 4.78 is 0. The highest BCUT2D eigenvalue weighted by molar-refractivity contribution is 9.08. The summed E-state index contributed by atoms with van der Waals surface area (Å²) in [7, 11) is 2.08. The first-order valence-corrected chi connectivity index (χ1v) is 6.45. The highest BCUT2D eigenvalue weighted by atomic mass is 79.9. The highest BCUT2D eigenvalue weighted by Gasteiger charge is 2.21. The molecular weight excluding hydrogens is 273 g/mol. The van der Waals surface area contributed by atoms with Crippen LogP contribution >= 0.6 is 27.5 Å². The van der Waals surface area contributed by atoms with Crippen LogP contribution in [0.3, 0.4) is 0 Å². The predicted octanol–water partition coefficient (Wildman–Crippen LogP) is 4.47. The average molecular weight is 291 g/mol. The lowest BCUT2D eigenvalue weighted by atomic mass is 10.0. The van der Waals surface area contributed by atoms with E-state index >= 15 is 0 Å². The van der Waals surface area contributed by atoms with Crippen LogP contribution in [0.1, 0.15) is 26.3 Å². The maximum atomic E-state index is 6.25. The molecule has 0 bridgehead atoms. The lowest BCUT2D eigenvalue weighted by molar-refractivity contribution is 0.538. The molecule has 15 heavy (non-hydrogen) atoms. The molecule has 0 aliphatic rings. The fourth-order valence-corrected chi connectivity index (χ4v) is 2.15. The van der Waals surface area contributed by atoms with Crippen LogP contribution < -0.4 is 4.90 Å². The van der Waals surface area contributed by atoms with Gasteiger partial charge in [0.2, 0.25) is 0 Å². The zero-order chi connectivity index (χ0) is 11.6. The summed E-state index contributed by atoms with van der Waals surface area (Å²) in [6.45, 7) is 6.52. The van der Waals surface area contributed by atoms with Crippen molar-refractivity contribution in [3.63, 3.8) is 0 Å². The number of halogens is 2. The van der Waals surface area contributed by atoms with Crippen molar-refractivity contribution in [2.75, 3.05) is 11.9 Å². The quantitative estimate of drug-likeness (QED) is 0.726. The third kappa shape index (κ3) is 2.88. The van der Waals surface area contributed by atoms with Gasteiger partial charge >= 0.3 is 0 Å². The molecule has 0 unspecified atom stereocenters. The molecule has 0 spiro atoms. The number of rotatable bonds is 2. The van der Waals surface area contributed by atoms with Crippen molar-refractivity contribution in [3.8, 4) is 0 Å². The van der Waals surface area contributed by atoms with Crippen molar-refractivity contribution in [3.05, 3.63) is 28.8 Å². The Morgan fingerprint density at radius 3 is 2.40 bits per heavy atom. The zero-order valence-corrected chi connectivity index (χ0v) is 12.0. The summed E-state index contributed by atoms with van der Waals surface area (Å²) in [6.07, 6.45) is 0. The highest BCUT2D eigenvalue weighted by Crippen LogP contribution is 2.34. The van der Waals surface area contributed by atoms with Gasteiger partial charge in [0.25, 0.3) is 0 Å². The molecule has 0 amide bonds. The van der Waals surface area contributed by atoms with E-state index in [0.717, 1.165) is 16.0 Å². The Kier molecular flexibility index (Phi) is 4.07. The van der Waals surface area contributed by atoms with E-state index in [1.165, 1.54) is 5.56 Å². The van der Waals surface area contributed by atoms with E-state index in [1.54, 1.807) is 0 Å². The third-order valence-corrected chi connectivity index (χ3v) is 3.47. The second kappa shape index (κ2) is 4.75. The molecule has 0 saturated carbocycles. The van der Waals surface area contributed by atoms with Crippen molar-refractivity contribution >= 4 is 33.2 Å². The fourth-order valence-electron chi connectivity index (χ4n) is 1.38. The predicted molar refractivity (Wildman–Crippen MR) is 72.2 cm³/mol. The van der Waals surface area contributed by atoms with Crippen LogP contribution in [-0.4, -0.2) is 12.6 Å². The smallest absolute Gasteiger partial charge is 0.0642 e. The van der Waals surface area contributed by atoms with Gasteiger partial charge in [0.1, 0.15) is 0 Å². The van der Waals surface area contributed by atoms with Crippen LogP contribution in [0.5, 0.6) is 0 Å². The van der Waals surface area contributed by atoms with Crippen molar-refractivity contribution < 1.29 is 0 Å². The van der Waals surface area contributed by atoms with Gasteiger partial charge in [-0.3, -0.25) is 0 Å². The first kappa shape index (κ1) is 12.9. The van der Waals surface area contributed by atoms with Crippen LogP contribution in [0.4, 0.5) is 5.69 Å². The Labute approximate surface area is 106 Å². The summed E-state index contributed by atoms with van der Waals surface area (Å²) in [4.78, 5) is 2.21. The van der Waals surface area contributed by atoms with Crippen molar-refractivity contribution in [1.82, 2.24) is 0 Å². The number of hydrogen-bond donors (Lipinski definition) is 0. The molecule has 1 aromatic rings. The first-order chi connectivity index (χ1) is 6.88. The Morgan fingerprint density at radius 1 is 1.33 bits per heavy atom. The van der Waals surface area contributed by atoms with Crippen LogP contribution in [0.25, 0.3) is 0 Å². The number of para-hydroxylation sites is 1. The van der Waals surface area contributed by atoms with Crippen LogP contribution in [0.15, 0.2) is 18.2 Å². The summed E-state index contributed by atoms with van der Waals surface area (Å²) in [5.74, 6) is 0. The molecule has 3 heteroatoms. The summed E-state index contributed by atoms with van der Waals surface area (Å²) in [6, 6.07) is 6.02. The molecule has 0 aliphatic carbocycles. The molecule has 1 nitrogen and oxygen atoms in total. The van der Waals surface area contributed by atoms with Gasteiger partial charge in [0.05, 0.1) is 10.7 Å². The number of hydrogen-bond acceptors (Lipinski definition) is 1. The van der Waals surface area contributed by atoms with E-state index < -0.39 is 0 Å². The molecule has 0 radical (unpaired) electrons. The fraction of sp³-hybridized carbons (Fsp3) is 0.500. The topological polar surface area (TPSA) is 3.24 Å². The molecule has 0 heterocycles. The van der Waals surface area contributed by atoms with Crippen LogP contribution in [0.2, 0.25) is 5.02 Å². The number of benzene rings is 1. The molecule has 0 N–H and O–H groups in total. The molecule has 84 valence electrons. The Bertz CT molecular complexity index is 344. The molecule has 0 atom stereocenters. The van der Waals surface area contributed by atoms with Crippen LogP contribution in [-0.2, 0) is 5.33 Å². The number of alkyl halides is 1. The van der Waals surface area contributed by atoms with Gasteiger partial charge in [-0.2, -0.15) is 0 Å². The van der Waals surface area contributed by atoms with E-state index in [-0.39, 0.29) is 5.54 Å². The normalized spacial score (nSPS) is 11.6. The van der Waals surface area contributed by atoms with Gasteiger partial charge in [0, 0.05) is 17.9 Å². The van der Waals surface area contributed by atoms with Gasteiger partial charge in [-0.25, -0.2) is 0 Å². The minimum atomic E-state index is 0.0713. The van der Waals surface area contributed by atoms with Gasteiger partial charge < -0.3 is 4.90 Å². The molecule has 0 aromatic heterocycles. The standard InChI is InChI=1S/C12H17BrClN/c1-12(2,3)15(4)11-9(8-13)6-5-7-10(11)14/h5-7H,8H2,1-4H3. The maximum absolute atomic E-state index is 6.25. The molecule has 0 saturated heterocycles. The van der Waals surface area contributed by atoms with E-state index in [2.05, 4.69) is 54.7 Å². The molecule has 1 aromatic carbocycles. The Morgan fingerprint density at radius 2 is 1.93 bits per heavy atom. The van der Waals surface area contributed by atoms with E-state index in [4.69, 9.17) is 11.6 Å². The van der Waals surface area contributed by atoms with Crippen molar-refractivity contribution in [2.24, 2.45) is 0 Å². The van der Waals surface area contributed by atoms with Crippen molar-refractivity contribution in [1.29, 1.82) is 0 Å². The molecular formula is C12H17BrClN. The average Bonchev–Trinajstić information content (AvgIpc) is 2.15. The lowest BCUT2D eigenvalue weighted by Gasteiger charge is -2.36. The second-order valence-corrected chi connectivity index (χ2v) is 5.58. The van der Waals surface area contributed by atoms with Crippen LogP contribution in [0, 0.1) is 0 Å². The molecule has 0 fully saturated rings. The number of anilines is 1. The first-order valence-electron chi connectivity index (χ1n) is 4.95. The summed E-state index contributed by atoms with van der Waals surface area (Å²) >= 11 is 9.74. The second-order valence-electron chi connectivity index (χ2n) is 4.61. The zero-order valence-electron chi connectivity index (χ0n) is 9.64. The third-order valence-electron chi connectivity index (χ3n) is 2.56. The summed E-state index contributed by atoms with van der Waals surface area (Å²) in [5, 5.41) is 1.63. The SMILES string of the molecule is CN(c1c(Cl)cccc1CBr)C(C)(C)C. The van der Waals surface area contributed by atoms with Gasteiger partial charge in [-0.05, 0) is 32.4 Å². The largest absolute Gasteiger partial charge is 0.368 e. The van der Waals surface area contributed by atoms with E-state index in [0.29, 0.717) is 0 Å². The minimum Gasteiger partial charge on any atom is -0.368 e.